The zero-order valence-corrected chi connectivity index (χ0v) is 11.3. The van der Waals surface area contributed by atoms with Gasteiger partial charge in [0.2, 0.25) is 0 Å². The fourth-order valence-electron chi connectivity index (χ4n) is 1.67. The molecule has 18 heavy (non-hydrogen) atoms. The number of hydrogen-bond acceptors (Lipinski definition) is 4. The van der Waals surface area contributed by atoms with Gasteiger partial charge in [-0.2, -0.15) is 0 Å². The molecule has 0 saturated heterocycles. The second kappa shape index (κ2) is 5.52. The largest absolute Gasteiger partial charge is 0.253 e. The highest BCUT2D eigenvalue weighted by Crippen LogP contribution is 2.27. The van der Waals surface area contributed by atoms with Crippen molar-refractivity contribution in [1.82, 2.24) is 9.71 Å². The Labute approximate surface area is 114 Å². The van der Waals surface area contributed by atoms with E-state index in [2.05, 4.69) is 40.0 Å². The first-order valence-electron chi connectivity index (χ1n) is 5.71. The van der Waals surface area contributed by atoms with Gasteiger partial charge in [0.25, 0.3) is 0 Å². The number of nitrogens with zero attached hydrogens (tertiary/aromatic N) is 1. The zero-order chi connectivity index (χ0) is 12.2. The molecule has 1 N–H and O–H groups in total. The summed E-state index contributed by atoms with van der Waals surface area (Å²) < 4.78 is 5.64. The lowest BCUT2D eigenvalue weighted by Crippen LogP contribution is -2.02. The normalized spacial score (nSPS) is 10.9. The summed E-state index contributed by atoms with van der Waals surface area (Å²) in [6.07, 6.45) is 0. The number of hydrogen-bond donors (Lipinski definition) is 1. The summed E-state index contributed by atoms with van der Waals surface area (Å²) in [7, 11) is 0. The average Bonchev–Trinajstić information content (AvgIpc) is 2.82. The molecular weight excluding hydrogens is 260 g/mol. The molecule has 0 aliphatic rings. The smallest absolute Gasteiger partial charge is 0.166 e. The van der Waals surface area contributed by atoms with Gasteiger partial charge in [0.15, 0.2) is 4.34 Å². The first-order valence-corrected chi connectivity index (χ1v) is 7.34. The molecule has 2 nitrogen and oxygen atoms in total. The lowest BCUT2D eigenvalue weighted by molar-refractivity contribution is 0.974. The fraction of sp³-hybridized carbons (Fsp3) is 0.0714. The second-order valence-corrected chi connectivity index (χ2v) is 6.02. The average molecular weight is 272 g/mol. The third-order valence-electron chi connectivity index (χ3n) is 2.55. The Hall–Kier alpha value is -1.36. The monoisotopic (exact) mass is 272 g/mol. The Bertz CT molecular complexity index is 601. The maximum Gasteiger partial charge on any atom is 0.166 e. The van der Waals surface area contributed by atoms with Crippen molar-refractivity contribution in [2.75, 3.05) is 0 Å². The van der Waals surface area contributed by atoms with Crippen molar-refractivity contribution in [2.45, 2.75) is 10.9 Å². The molecule has 0 aliphatic heterocycles. The van der Waals surface area contributed by atoms with Crippen LogP contribution in [-0.4, -0.2) is 4.98 Å². The van der Waals surface area contributed by atoms with E-state index < -0.39 is 0 Å². The van der Waals surface area contributed by atoms with Crippen molar-refractivity contribution in [2.24, 2.45) is 0 Å². The minimum absolute atomic E-state index is 0.849. The van der Waals surface area contributed by atoms with Gasteiger partial charge in [0.05, 0.1) is 10.2 Å². The molecule has 0 amide bonds. The molecule has 1 aromatic heterocycles. The molecule has 0 bridgehead atoms. The van der Waals surface area contributed by atoms with Gasteiger partial charge in [-0.15, -0.1) is 11.3 Å². The summed E-state index contributed by atoms with van der Waals surface area (Å²) in [6.45, 7) is 0.849. The second-order valence-electron chi connectivity index (χ2n) is 3.86. The molecule has 0 fully saturated rings. The molecule has 0 saturated carbocycles. The van der Waals surface area contributed by atoms with Crippen molar-refractivity contribution in [3.8, 4) is 0 Å². The number of aromatic nitrogens is 1. The van der Waals surface area contributed by atoms with Gasteiger partial charge in [-0.05, 0) is 29.6 Å². The van der Waals surface area contributed by atoms with Crippen LogP contribution in [0.25, 0.3) is 10.2 Å². The number of nitrogens with one attached hydrogen (secondary N) is 1. The molecule has 1 heterocycles. The molecule has 2 aromatic carbocycles. The van der Waals surface area contributed by atoms with Crippen LogP contribution in [0.1, 0.15) is 5.56 Å². The van der Waals surface area contributed by atoms with Gasteiger partial charge in [-0.1, -0.05) is 42.5 Å². The van der Waals surface area contributed by atoms with Crippen molar-refractivity contribution >= 4 is 33.5 Å². The fourth-order valence-corrected chi connectivity index (χ4v) is 3.49. The number of rotatable bonds is 4. The molecule has 3 aromatic rings. The predicted molar refractivity (Wildman–Crippen MR) is 78.8 cm³/mol. The van der Waals surface area contributed by atoms with Gasteiger partial charge >= 0.3 is 0 Å². The van der Waals surface area contributed by atoms with Crippen molar-refractivity contribution in [3.05, 3.63) is 60.2 Å². The molecule has 90 valence electrons. The SMILES string of the molecule is c1ccc(CNSc2nc3ccccc3s2)cc1. The van der Waals surface area contributed by atoms with Crippen LogP contribution in [0, 0.1) is 0 Å². The van der Waals surface area contributed by atoms with Crippen molar-refractivity contribution in [1.29, 1.82) is 0 Å². The first kappa shape index (κ1) is 11.7. The molecule has 3 rings (SSSR count). The first-order chi connectivity index (χ1) is 8.92. The van der Waals surface area contributed by atoms with Crippen LogP contribution in [0.3, 0.4) is 0 Å². The molecule has 0 spiro atoms. The molecule has 4 heteroatoms. The summed E-state index contributed by atoms with van der Waals surface area (Å²) in [5, 5.41) is 0. The van der Waals surface area contributed by atoms with Crippen LogP contribution in [-0.2, 0) is 6.54 Å². The molecular formula is C14H12N2S2. The van der Waals surface area contributed by atoms with E-state index in [1.807, 2.05) is 24.3 Å². The number of benzene rings is 2. The minimum Gasteiger partial charge on any atom is -0.253 e. The maximum atomic E-state index is 4.56. The van der Waals surface area contributed by atoms with E-state index in [4.69, 9.17) is 0 Å². The van der Waals surface area contributed by atoms with E-state index in [9.17, 15) is 0 Å². The maximum absolute atomic E-state index is 4.56. The van der Waals surface area contributed by atoms with Crippen LogP contribution < -0.4 is 4.72 Å². The standard InChI is InChI=1S/C14H12N2S2/c1-2-6-11(7-3-1)10-15-18-14-16-12-8-4-5-9-13(12)17-14/h1-9,15H,10H2. The van der Waals surface area contributed by atoms with E-state index in [1.54, 1.807) is 23.3 Å². The number of thiazole rings is 1. The Kier molecular flexibility index (Phi) is 3.59. The van der Waals surface area contributed by atoms with E-state index in [0.29, 0.717) is 0 Å². The van der Waals surface area contributed by atoms with Crippen LogP contribution in [0.2, 0.25) is 0 Å². The molecule has 0 aliphatic carbocycles. The van der Waals surface area contributed by atoms with Crippen molar-refractivity contribution < 1.29 is 0 Å². The molecule has 0 unspecified atom stereocenters. The lowest BCUT2D eigenvalue weighted by atomic mass is 10.2. The highest BCUT2D eigenvalue weighted by Gasteiger charge is 2.03. The third kappa shape index (κ3) is 2.72. The van der Waals surface area contributed by atoms with Gasteiger partial charge in [0.1, 0.15) is 0 Å². The zero-order valence-electron chi connectivity index (χ0n) is 9.67. The van der Waals surface area contributed by atoms with Gasteiger partial charge in [-0.25, -0.2) is 4.98 Å². The summed E-state index contributed by atoms with van der Waals surface area (Å²) >= 11 is 3.32. The summed E-state index contributed by atoms with van der Waals surface area (Å²) in [4.78, 5) is 4.56. The quantitative estimate of drug-likeness (QED) is 0.724. The highest BCUT2D eigenvalue weighted by molar-refractivity contribution is 7.99. The topological polar surface area (TPSA) is 24.9 Å². The summed E-state index contributed by atoms with van der Waals surface area (Å²) in [5.74, 6) is 0. The Morgan fingerprint density at radius 1 is 1.00 bits per heavy atom. The summed E-state index contributed by atoms with van der Waals surface area (Å²) in [6, 6.07) is 18.6. The number of fused-ring (bicyclic) bond motifs is 1. The van der Waals surface area contributed by atoms with Crippen molar-refractivity contribution in [3.63, 3.8) is 0 Å². The summed E-state index contributed by atoms with van der Waals surface area (Å²) in [5.41, 5.74) is 2.36. The highest BCUT2D eigenvalue weighted by atomic mass is 32.2. The number of para-hydroxylation sites is 1. The van der Waals surface area contributed by atoms with Gasteiger partial charge in [0, 0.05) is 6.54 Å². The third-order valence-corrected chi connectivity index (χ3v) is 4.44. The van der Waals surface area contributed by atoms with E-state index in [-0.39, 0.29) is 0 Å². The Balaban J connectivity index is 1.63. The minimum atomic E-state index is 0.849. The van der Waals surface area contributed by atoms with Crippen LogP contribution in [0.4, 0.5) is 0 Å². The van der Waals surface area contributed by atoms with Crippen LogP contribution in [0.5, 0.6) is 0 Å². The lowest BCUT2D eigenvalue weighted by Gasteiger charge is -2.00. The van der Waals surface area contributed by atoms with E-state index >= 15 is 0 Å². The Morgan fingerprint density at radius 2 is 1.78 bits per heavy atom. The van der Waals surface area contributed by atoms with Gasteiger partial charge < -0.3 is 0 Å². The van der Waals surface area contributed by atoms with Crippen LogP contribution >= 0.6 is 23.3 Å². The van der Waals surface area contributed by atoms with E-state index in [1.165, 1.54) is 10.3 Å². The Morgan fingerprint density at radius 3 is 2.61 bits per heavy atom. The van der Waals surface area contributed by atoms with Gasteiger partial charge in [-0.3, -0.25) is 4.72 Å². The van der Waals surface area contributed by atoms with Crippen LogP contribution in [0.15, 0.2) is 58.9 Å². The predicted octanol–water partition coefficient (Wildman–Crippen LogP) is 4.09. The molecule has 0 atom stereocenters. The molecule has 0 radical (unpaired) electrons. The van der Waals surface area contributed by atoms with E-state index in [0.717, 1.165) is 16.4 Å².